The van der Waals surface area contributed by atoms with Crippen LogP contribution in [-0.2, 0) is 4.79 Å². The molecule has 18 heavy (non-hydrogen) atoms. The normalized spacial score (nSPS) is 14.3. The Morgan fingerprint density at radius 2 is 2.17 bits per heavy atom. The summed E-state index contributed by atoms with van der Waals surface area (Å²) in [6.07, 6.45) is 1.94. The lowest BCUT2D eigenvalue weighted by atomic mass is 10.2. The van der Waals surface area contributed by atoms with E-state index in [1.54, 1.807) is 18.2 Å². The van der Waals surface area contributed by atoms with Crippen molar-refractivity contribution in [2.45, 2.75) is 19.3 Å². The number of nitrogens with zero attached hydrogens (tertiary/aromatic N) is 2. The van der Waals surface area contributed by atoms with E-state index in [1.165, 1.54) is 6.07 Å². The van der Waals surface area contributed by atoms with Crippen molar-refractivity contribution in [2.75, 3.05) is 23.3 Å². The van der Waals surface area contributed by atoms with Gasteiger partial charge in [-0.1, -0.05) is 0 Å². The van der Waals surface area contributed by atoms with Gasteiger partial charge in [-0.05, 0) is 31.0 Å². The number of hydrogen-bond acceptors (Lipinski definition) is 3. The van der Waals surface area contributed by atoms with Crippen molar-refractivity contribution in [3.05, 3.63) is 24.0 Å². The summed E-state index contributed by atoms with van der Waals surface area (Å²) < 4.78 is 13.9. The molecule has 1 saturated heterocycles. The van der Waals surface area contributed by atoms with Crippen molar-refractivity contribution in [1.29, 1.82) is 5.26 Å². The molecule has 1 N–H and O–H groups in total. The van der Waals surface area contributed by atoms with Gasteiger partial charge in [0.25, 0.3) is 0 Å². The van der Waals surface area contributed by atoms with E-state index in [1.807, 2.05) is 4.90 Å². The maximum atomic E-state index is 13.9. The molecular formula is C13H14FN3O. The van der Waals surface area contributed by atoms with E-state index in [4.69, 9.17) is 5.26 Å². The average Bonchev–Trinajstić information content (AvgIpc) is 2.82. The highest BCUT2D eigenvalue weighted by atomic mass is 19.1. The number of carbonyl (C=O) groups is 1. The first-order valence-corrected chi connectivity index (χ1v) is 5.92. The first-order valence-electron chi connectivity index (χ1n) is 5.92. The molecule has 4 nitrogen and oxygen atoms in total. The number of amides is 1. The third kappa shape index (κ3) is 2.77. The number of nitrogens with one attached hydrogen (secondary N) is 1. The maximum Gasteiger partial charge on any atom is 0.238 e. The highest BCUT2D eigenvalue weighted by Gasteiger charge is 2.16. The van der Waals surface area contributed by atoms with Crippen molar-refractivity contribution in [1.82, 2.24) is 0 Å². The largest absolute Gasteiger partial charge is 0.369 e. The predicted octanol–water partition coefficient (Wildman–Crippen LogP) is 2.28. The molecule has 5 heteroatoms. The fourth-order valence-corrected chi connectivity index (χ4v) is 2.08. The molecule has 0 unspecified atom stereocenters. The molecule has 0 spiro atoms. The van der Waals surface area contributed by atoms with Crippen LogP contribution in [0.3, 0.4) is 0 Å². The molecule has 1 aromatic carbocycles. The molecule has 1 aromatic rings. The molecule has 1 aliphatic heterocycles. The Morgan fingerprint density at radius 1 is 1.44 bits per heavy atom. The van der Waals surface area contributed by atoms with E-state index < -0.39 is 5.91 Å². The molecular weight excluding hydrogens is 233 g/mol. The van der Waals surface area contributed by atoms with Gasteiger partial charge in [-0.2, -0.15) is 5.26 Å². The minimum atomic E-state index is -0.425. The topological polar surface area (TPSA) is 56.1 Å². The van der Waals surface area contributed by atoms with Gasteiger partial charge in [0.15, 0.2) is 0 Å². The number of rotatable bonds is 3. The second kappa shape index (κ2) is 5.50. The Kier molecular flexibility index (Phi) is 3.78. The third-order valence-corrected chi connectivity index (χ3v) is 2.92. The van der Waals surface area contributed by atoms with Gasteiger partial charge in [-0.25, -0.2) is 4.39 Å². The van der Waals surface area contributed by atoms with Crippen LogP contribution in [0.2, 0.25) is 0 Å². The van der Waals surface area contributed by atoms with Gasteiger partial charge in [-0.3, -0.25) is 4.79 Å². The summed E-state index contributed by atoms with van der Waals surface area (Å²) in [7, 11) is 0. The van der Waals surface area contributed by atoms with Crippen LogP contribution < -0.4 is 10.2 Å². The van der Waals surface area contributed by atoms with Crippen LogP contribution in [0.4, 0.5) is 15.8 Å². The maximum absolute atomic E-state index is 13.9. The van der Waals surface area contributed by atoms with Crippen molar-refractivity contribution in [2.24, 2.45) is 0 Å². The summed E-state index contributed by atoms with van der Waals surface area (Å²) in [5.41, 5.74) is 0.960. The first kappa shape index (κ1) is 12.4. The summed E-state index contributed by atoms with van der Waals surface area (Å²) in [6, 6.07) is 6.37. The molecule has 0 aromatic heterocycles. The zero-order valence-electron chi connectivity index (χ0n) is 9.95. The molecule has 1 amide bonds. The van der Waals surface area contributed by atoms with Crippen LogP contribution >= 0.6 is 0 Å². The molecule has 0 atom stereocenters. The van der Waals surface area contributed by atoms with E-state index in [9.17, 15) is 9.18 Å². The van der Waals surface area contributed by atoms with E-state index >= 15 is 0 Å². The zero-order valence-corrected chi connectivity index (χ0v) is 9.95. The van der Waals surface area contributed by atoms with Crippen LogP contribution in [-0.4, -0.2) is 19.0 Å². The Labute approximate surface area is 105 Å². The van der Waals surface area contributed by atoms with Crippen molar-refractivity contribution < 1.29 is 9.18 Å². The standard InChI is InChI=1S/C13H14FN3O/c14-11-9-10(16-13(18)5-6-15)3-4-12(11)17-7-1-2-8-17/h3-4,9H,1-2,5,7-8H2,(H,16,18). The van der Waals surface area contributed by atoms with Crippen molar-refractivity contribution >= 4 is 17.3 Å². The highest BCUT2D eigenvalue weighted by Crippen LogP contribution is 2.26. The van der Waals surface area contributed by atoms with Gasteiger partial charge in [-0.15, -0.1) is 0 Å². The van der Waals surface area contributed by atoms with Gasteiger partial charge in [0, 0.05) is 18.8 Å². The SMILES string of the molecule is N#CCC(=O)Nc1ccc(N2CCCC2)c(F)c1. The molecule has 0 bridgehead atoms. The average molecular weight is 247 g/mol. The molecule has 2 rings (SSSR count). The van der Waals surface area contributed by atoms with Crippen LogP contribution in [0.15, 0.2) is 18.2 Å². The number of halogens is 1. The summed E-state index contributed by atoms with van der Waals surface area (Å²) >= 11 is 0. The first-order chi connectivity index (χ1) is 8.70. The molecule has 1 heterocycles. The fourth-order valence-electron chi connectivity index (χ4n) is 2.08. The van der Waals surface area contributed by atoms with Crippen LogP contribution in [0.5, 0.6) is 0 Å². The number of benzene rings is 1. The van der Waals surface area contributed by atoms with Gasteiger partial charge >= 0.3 is 0 Å². The zero-order chi connectivity index (χ0) is 13.0. The number of hydrogen-bond donors (Lipinski definition) is 1. The molecule has 0 radical (unpaired) electrons. The van der Waals surface area contributed by atoms with Gasteiger partial charge in [0.05, 0.1) is 11.8 Å². The number of carbonyl (C=O) groups excluding carboxylic acids is 1. The van der Waals surface area contributed by atoms with Gasteiger partial charge in [0.1, 0.15) is 12.2 Å². The summed E-state index contributed by atoms with van der Waals surface area (Å²) in [5.74, 6) is -0.766. The highest BCUT2D eigenvalue weighted by molar-refractivity contribution is 5.92. The number of anilines is 2. The van der Waals surface area contributed by atoms with Gasteiger partial charge < -0.3 is 10.2 Å². The predicted molar refractivity (Wildman–Crippen MR) is 66.7 cm³/mol. The van der Waals surface area contributed by atoms with Crippen molar-refractivity contribution in [3.8, 4) is 6.07 Å². The number of nitriles is 1. The minimum absolute atomic E-state index is 0.227. The Hall–Kier alpha value is -2.09. The lowest BCUT2D eigenvalue weighted by molar-refractivity contribution is -0.115. The Balaban J connectivity index is 2.09. The van der Waals surface area contributed by atoms with Crippen molar-refractivity contribution in [3.63, 3.8) is 0 Å². The minimum Gasteiger partial charge on any atom is -0.369 e. The molecule has 1 fully saturated rings. The second-order valence-corrected chi connectivity index (χ2v) is 4.24. The van der Waals surface area contributed by atoms with E-state index in [2.05, 4.69) is 5.32 Å². The third-order valence-electron chi connectivity index (χ3n) is 2.92. The molecule has 94 valence electrons. The van der Waals surface area contributed by atoms with E-state index in [0.29, 0.717) is 11.4 Å². The van der Waals surface area contributed by atoms with Crippen LogP contribution in [0.25, 0.3) is 0 Å². The van der Waals surface area contributed by atoms with Gasteiger partial charge in [0.2, 0.25) is 5.91 Å². The quantitative estimate of drug-likeness (QED) is 0.891. The van der Waals surface area contributed by atoms with E-state index in [0.717, 1.165) is 25.9 Å². The fraction of sp³-hybridized carbons (Fsp3) is 0.385. The summed E-state index contributed by atoms with van der Waals surface area (Å²) in [6.45, 7) is 1.74. The molecule has 0 aliphatic carbocycles. The van der Waals surface area contributed by atoms with Crippen LogP contribution in [0, 0.1) is 17.1 Å². The molecule has 0 saturated carbocycles. The smallest absolute Gasteiger partial charge is 0.238 e. The second-order valence-electron chi connectivity index (χ2n) is 4.24. The lowest BCUT2D eigenvalue weighted by Gasteiger charge is -2.18. The lowest BCUT2D eigenvalue weighted by Crippen LogP contribution is -2.19. The summed E-state index contributed by atoms with van der Waals surface area (Å²) in [5, 5.41) is 10.8. The van der Waals surface area contributed by atoms with Crippen LogP contribution in [0.1, 0.15) is 19.3 Å². The summed E-state index contributed by atoms with van der Waals surface area (Å²) in [4.78, 5) is 13.2. The Morgan fingerprint density at radius 3 is 2.78 bits per heavy atom. The molecule has 1 aliphatic rings. The monoisotopic (exact) mass is 247 g/mol. The van der Waals surface area contributed by atoms with E-state index in [-0.39, 0.29) is 12.2 Å². The Bertz CT molecular complexity index is 489.